The molecule has 0 fully saturated rings. The van der Waals surface area contributed by atoms with Crippen LogP contribution in [0.15, 0.2) is 48.5 Å². The monoisotopic (exact) mass is 362 g/mol. The zero-order chi connectivity index (χ0) is 19.4. The van der Waals surface area contributed by atoms with E-state index in [1.54, 1.807) is 20.1 Å². The number of carbonyl (C=O) groups is 1. The van der Waals surface area contributed by atoms with Gasteiger partial charge >= 0.3 is 0 Å². The molecular formula is C21H22N4O2. The van der Waals surface area contributed by atoms with Gasteiger partial charge in [-0.25, -0.2) is 9.97 Å². The van der Waals surface area contributed by atoms with Gasteiger partial charge in [0.1, 0.15) is 23.1 Å². The minimum atomic E-state index is -0.323. The topological polar surface area (TPSA) is 76.1 Å². The molecule has 3 rings (SSSR count). The molecule has 1 aromatic heterocycles. The highest BCUT2D eigenvalue weighted by atomic mass is 16.5. The van der Waals surface area contributed by atoms with Crippen LogP contribution in [0.5, 0.6) is 5.75 Å². The second-order valence-corrected chi connectivity index (χ2v) is 6.34. The Morgan fingerprint density at radius 3 is 2.48 bits per heavy atom. The van der Waals surface area contributed by atoms with Crippen LogP contribution in [0.3, 0.4) is 0 Å². The molecule has 138 valence electrons. The quantitative estimate of drug-likeness (QED) is 0.703. The summed E-state index contributed by atoms with van der Waals surface area (Å²) in [5, 5.41) is 6.08. The van der Waals surface area contributed by atoms with E-state index >= 15 is 0 Å². The zero-order valence-corrected chi connectivity index (χ0v) is 15.8. The first-order chi connectivity index (χ1) is 12.9. The van der Waals surface area contributed by atoms with Crippen LogP contribution in [0, 0.1) is 20.8 Å². The molecule has 0 saturated carbocycles. The van der Waals surface area contributed by atoms with Gasteiger partial charge in [0, 0.05) is 11.8 Å². The first-order valence-corrected chi connectivity index (χ1v) is 8.60. The van der Waals surface area contributed by atoms with Crippen molar-refractivity contribution in [1.82, 2.24) is 9.97 Å². The highest BCUT2D eigenvalue weighted by molar-refractivity contribution is 6.04. The van der Waals surface area contributed by atoms with Crippen molar-refractivity contribution in [2.75, 3.05) is 17.7 Å². The Labute approximate surface area is 158 Å². The molecule has 6 heteroatoms. The van der Waals surface area contributed by atoms with Gasteiger partial charge in [-0.3, -0.25) is 4.79 Å². The van der Waals surface area contributed by atoms with E-state index in [0.29, 0.717) is 23.1 Å². The molecule has 0 bridgehead atoms. The first kappa shape index (κ1) is 18.4. The molecule has 1 amide bonds. The highest BCUT2D eigenvalue weighted by Crippen LogP contribution is 2.26. The molecular weight excluding hydrogens is 340 g/mol. The summed E-state index contributed by atoms with van der Waals surface area (Å²) in [6.07, 6.45) is 0. The van der Waals surface area contributed by atoms with Crippen molar-refractivity contribution in [2.24, 2.45) is 0 Å². The summed E-state index contributed by atoms with van der Waals surface area (Å²) in [6.45, 7) is 5.73. The Hall–Kier alpha value is -3.41. The average molecular weight is 362 g/mol. The molecule has 1 heterocycles. The van der Waals surface area contributed by atoms with E-state index in [-0.39, 0.29) is 11.6 Å². The second kappa shape index (κ2) is 7.86. The molecule has 0 spiro atoms. The number of ether oxygens (including phenoxy) is 1. The summed E-state index contributed by atoms with van der Waals surface area (Å²) in [7, 11) is 1.57. The molecule has 3 aromatic rings. The number of hydrogen-bond acceptors (Lipinski definition) is 5. The molecule has 0 aliphatic carbocycles. The summed E-state index contributed by atoms with van der Waals surface area (Å²) in [5.41, 5.74) is 3.94. The number of methoxy groups -OCH3 is 1. The number of carbonyl (C=O) groups excluding carboxylic acids is 1. The van der Waals surface area contributed by atoms with Crippen LogP contribution in [-0.4, -0.2) is 23.0 Å². The number of aromatic nitrogens is 2. The summed E-state index contributed by atoms with van der Waals surface area (Å²) in [5.74, 6) is 1.35. The average Bonchev–Trinajstić information content (AvgIpc) is 2.61. The van der Waals surface area contributed by atoms with Crippen LogP contribution < -0.4 is 15.4 Å². The maximum Gasteiger partial charge on any atom is 0.274 e. The lowest BCUT2D eigenvalue weighted by Gasteiger charge is -2.12. The van der Waals surface area contributed by atoms with Gasteiger partial charge < -0.3 is 15.4 Å². The minimum Gasteiger partial charge on any atom is -0.495 e. The fraction of sp³-hybridized carbons (Fsp3) is 0.190. The van der Waals surface area contributed by atoms with Crippen LogP contribution in [0.25, 0.3) is 0 Å². The largest absolute Gasteiger partial charge is 0.495 e. The van der Waals surface area contributed by atoms with Crippen LogP contribution >= 0.6 is 0 Å². The van der Waals surface area contributed by atoms with Crippen molar-refractivity contribution >= 4 is 23.1 Å². The van der Waals surface area contributed by atoms with Gasteiger partial charge in [-0.15, -0.1) is 0 Å². The number of anilines is 3. The Morgan fingerprint density at radius 1 is 0.963 bits per heavy atom. The lowest BCUT2D eigenvalue weighted by Crippen LogP contribution is -2.16. The lowest BCUT2D eigenvalue weighted by atomic mass is 10.2. The molecule has 0 unspecified atom stereocenters. The third kappa shape index (κ3) is 4.61. The molecule has 6 nitrogen and oxygen atoms in total. The lowest BCUT2D eigenvalue weighted by molar-refractivity contribution is 0.102. The van der Waals surface area contributed by atoms with Gasteiger partial charge in [0.2, 0.25) is 0 Å². The fourth-order valence-electron chi connectivity index (χ4n) is 2.72. The standard InChI is InChI=1S/C21H22N4O2/c1-13-6-5-7-16(10-13)24-20-12-18(22-15(3)23-20)21(26)25-17-11-14(2)8-9-19(17)27-4/h5-12H,1-4H3,(H,25,26)(H,22,23,24). The van der Waals surface area contributed by atoms with E-state index in [2.05, 4.69) is 20.6 Å². The van der Waals surface area contributed by atoms with Crippen LogP contribution in [0.4, 0.5) is 17.2 Å². The van der Waals surface area contributed by atoms with E-state index in [1.165, 1.54) is 0 Å². The summed E-state index contributed by atoms with van der Waals surface area (Å²) < 4.78 is 5.31. The van der Waals surface area contributed by atoms with Crippen LogP contribution in [0.1, 0.15) is 27.4 Å². The number of hydrogen-bond donors (Lipinski definition) is 2. The minimum absolute atomic E-state index is 0.279. The number of nitrogens with one attached hydrogen (secondary N) is 2. The SMILES string of the molecule is COc1ccc(C)cc1NC(=O)c1cc(Nc2cccc(C)c2)nc(C)n1. The Morgan fingerprint density at radius 2 is 1.74 bits per heavy atom. The molecule has 0 aliphatic rings. The van der Waals surface area contributed by atoms with Crippen molar-refractivity contribution in [2.45, 2.75) is 20.8 Å². The van der Waals surface area contributed by atoms with Gasteiger partial charge in [0.25, 0.3) is 5.91 Å². The number of nitrogens with zero attached hydrogens (tertiary/aromatic N) is 2. The van der Waals surface area contributed by atoms with Crippen LogP contribution in [0.2, 0.25) is 0 Å². The first-order valence-electron chi connectivity index (χ1n) is 8.60. The highest BCUT2D eigenvalue weighted by Gasteiger charge is 2.14. The maximum atomic E-state index is 12.7. The molecule has 27 heavy (non-hydrogen) atoms. The molecule has 0 saturated heterocycles. The normalized spacial score (nSPS) is 10.4. The van der Waals surface area contributed by atoms with E-state index < -0.39 is 0 Å². The van der Waals surface area contributed by atoms with Gasteiger partial charge in [0.05, 0.1) is 12.8 Å². The number of benzene rings is 2. The zero-order valence-electron chi connectivity index (χ0n) is 15.8. The Balaban J connectivity index is 1.85. The van der Waals surface area contributed by atoms with E-state index in [1.807, 2.05) is 56.3 Å². The van der Waals surface area contributed by atoms with Crippen molar-refractivity contribution in [3.8, 4) is 5.75 Å². The third-order valence-corrected chi connectivity index (χ3v) is 3.96. The maximum absolute atomic E-state index is 12.7. The van der Waals surface area contributed by atoms with Gasteiger partial charge in [-0.05, 0) is 56.2 Å². The number of aryl methyl sites for hydroxylation is 3. The predicted octanol–water partition coefficient (Wildman–Crippen LogP) is 4.41. The molecule has 2 N–H and O–H groups in total. The van der Waals surface area contributed by atoms with Crippen molar-refractivity contribution in [1.29, 1.82) is 0 Å². The van der Waals surface area contributed by atoms with Gasteiger partial charge in [0.15, 0.2) is 0 Å². The number of amides is 1. The second-order valence-electron chi connectivity index (χ2n) is 6.34. The molecule has 0 radical (unpaired) electrons. The third-order valence-electron chi connectivity index (χ3n) is 3.96. The fourth-order valence-corrected chi connectivity index (χ4v) is 2.72. The summed E-state index contributed by atoms with van der Waals surface area (Å²) in [6, 6.07) is 15.2. The van der Waals surface area contributed by atoms with Crippen molar-refractivity contribution in [3.63, 3.8) is 0 Å². The molecule has 2 aromatic carbocycles. The van der Waals surface area contributed by atoms with E-state index in [0.717, 1.165) is 16.8 Å². The van der Waals surface area contributed by atoms with E-state index in [9.17, 15) is 4.79 Å². The summed E-state index contributed by atoms with van der Waals surface area (Å²) in [4.78, 5) is 21.4. The van der Waals surface area contributed by atoms with Gasteiger partial charge in [-0.2, -0.15) is 0 Å². The van der Waals surface area contributed by atoms with Gasteiger partial charge in [-0.1, -0.05) is 18.2 Å². The Kier molecular flexibility index (Phi) is 5.35. The predicted molar refractivity (Wildman–Crippen MR) is 107 cm³/mol. The molecule has 0 atom stereocenters. The van der Waals surface area contributed by atoms with Crippen molar-refractivity contribution in [3.05, 3.63) is 71.2 Å². The van der Waals surface area contributed by atoms with Crippen LogP contribution in [-0.2, 0) is 0 Å². The molecule has 0 aliphatic heterocycles. The smallest absolute Gasteiger partial charge is 0.274 e. The Bertz CT molecular complexity index is 986. The summed E-state index contributed by atoms with van der Waals surface area (Å²) >= 11 is 0. The van der Waals surface area contributed by atoms with E-state index in [4.69, 9.17) is 4.74 Å². The van der Waals surface area contributed by atoms with Crippen molar-refractivity contribution < 1.29 is 9.53 Å². The number of rotatable bonds is 5.